The molecule has 2 heterocycles. The Hall–Kier alpha value is -2.04. The molecule has 0 saturated carbocycles. The van der Waals surface area contributed by atoms with Gasteiger partial charge in [-0.1, -0.05) is 41.4 Å². The monoisotopic (exact) mass is 318 g/mol. The first-order chi connectivity index (χ1) is 10.2. The highest BCUT2D eigenvalue weighted by Gasteiger charge is 2.10. The second-order valence-electron chi connectivity index (χ2n) is 4.40. The number of nitrogens with one attached hydrogen (secondary N) is 2. The normalized spacial score (nSPS) is 10.6. The Labute approximate surface area is 132 Å². The van der Waals surface area contributed by atoms with Gasteiger partial charge in [0, 0.05) is 18.6 Å². The molecule has 3 rings (SSSR count). The molecule has 0 atom stereocenters. The molecule has 3 aromatic rings. The van der Waals surface area contributed by atoms with Crippen LogP contribution in [0, 0.1) is 0 Å². The van der Waals surface area contributed by atoms with E-state index in [4.69, 9.17) is 23.2 Å². The Morgan fingerprint density at radius 1 is 1.00 bits per heavy atom. The summed E-state index contributed by atoms with van der Waals surface area (Å²) in [6.45, 7) is 0. The minimum absolute atomic E-state index is 0.451. The Balaban J connectivity index is 2.07. The Kier molecular flexibility index (Phi) is 3.82. The maximum absolute atomic E-state index is 6.20. The standard InChI is InChI=1S/C15H12Cl2N4/c1-18-14-10(16)8-11(17)15(21-14)20-12-6-2-4-9-5-3-7-19-13(9)12/h2-8H,1H3,(H2,18,20,21). The Bertz CT molecular complexity index is 800. The van der Waals surface area contributed by atoms with Crippen LogP contribution < -0.4 is 10.6 Å². The molecule has 0 unspecified atom stereocenters. The van der Waals surface area contributed by atoms with Gasteiger partial charge in [0.15, 0.2) is 5.82 Å². The van der Waals surface area contributed by atoms with Crippen molar-refractivity contribution in [2.45, 2.75) is 0 Å². The van der Waals surface area contributed by atoms with Gasteiger partial charge in [0.1, 0.15) is 5.82 Å². The van der Waals surface area contributed by atoms with Gasteiger partial charge in [-0.25, -0.2) is 4.98 Å². The van der Waals surface area contributed by atoms with E-state index >= 15 is 0 Å². The highest BCUT2D eigenvalue weighted by atomic mass is 35.5. The van der Waals surface area contributed by atoms with Crippen molar-refractivity contribution in [1.82, 2.24) is 9.97 Å². The molecule has 2 N–H and O–H groups in total. The highest BCUT2D eigenvalue weighted by Crippen LogP contribution is 2.32. The minimum atomic E-state index is 0.451. The fourth-order valence-electron chi connectivity index (χ4n) is 2.06. The van der Waals surface area contributed by atoms with E-state index < -0.39 is 0 Å². The molecule has 2 aromatic heterocycles. The molecular weight excluding hydrogens is 307 g/mol. The predicted octanol–water partition coefficient (Wildman–Crippen LogP) is 4.72. The predicted molar refractivity (Wildman–Crippen MR) is 88.8 cm³/mol. The average molecular weight is 319 g/mol. The van der Waals surface area contributed by atoms with Crippen molar-refractivity contribution in [2.24, 2.45) is 0 Å². The maximum Gasteiger partial charge on any atom is 0.151 e. The number of halogens is 2. The van der Waals surface area contributed by atoms with E-state index in [0.29, 0.717) is 21.7 Å². The molecule has 0 amide bonds. The van der Waals surface area contributed by atoms with Gasteiger partial charge >= 0.3 is 0 Å². The lowest BCUT2D eigenvalue weighted by molar-refractivity contribution is 1.27. The summed E-state index contributed by atoms with van der Waals surface area (Å²) in [6, 6.07) is 11.4. The van der Waals surface area contributed by atoms with Crippen molar-refractivity contribution < 1.29 is 0 Å². The summed E-state index contributed by atoms with van der Waals surface area (Å²) < 4.78 is 0. The second-order valence-corrected chi connectivity index (χ2v) is 5.22. The van der Waals surface area contributed by atoms with Crippen molar-refractivity contribution in [2.75, 3.05) is 17.7 Å². The van der Waals surface area contributed by atoms with E-state index in [2.05, 4.69) is 20.6 Å². The lowest BCUT2D eigenvalue weighted by Gasteiger charge is -2.12. The minimum Gasteiger partial charge on any atom is -0.372 e. The van der Waals surface area contributed by atoms with E-state index in [-0.39, 0.29) is 0 Å². The zero-order valence-corrected chi connectivity index (χ0v) is 12.7. The number of anilines is 3. The molecule has 6 heteroatoms. The zero-order chi connectivity index (χ0) is 14.8. The summed E-state index contributed by atoms with van der Waals surface area (Å²) in [5, 5.41) is 8.11. The number of fused-ring (bicyclic) bond motifs is 1. The third-order valence-electron chi connectivity index (χ3n) is 3.05. The third-order valence-corrected chi connectivity index (χ3v) is 3.63. The smallest absolute Gasteiger partial charge is 0.151 e. The number of hydrogen-bond donors (Lipinski definition) is 2. The average Bonchev–Trinajstić information content (AvgIpc) is 2.50. The van der Waals surface area contributed by atoms with Crippen LogP contribution in [0.5, 0.6) is 0 Å². The van der Waals surface area contributed by atoms with Crippen LogP contribution in [0.25, 0.3) is 10.9 Å². The van der Waals surface area contributed by atoms with Gasteiger partial charge in [0.05, 0.1) is 21.2 Å². The first-order valence-corrected chi connectivity index (χ1v) is 7.09. The van der Waals surface area contributed by atoms with Crippen LogP contribution >= 0.6 is 23.2 Å². The van der Waals surface area contributed by atoms with Crippen molar-refractivity contribution in [1.29, 1.82) is 0 Å². The van der Waals surface area contributed by atoms with Gasteiger partial charge in [0.25, 0.3) is 0 Å². The van der Waals surface area contributed by atoms with Gasteiger partial charge in [0.2, 0.25) is 0 Å². The molecule has 0 bridgehead atoms. The number of nitrogens with zero attached hydrogens (tertiary/aromatic N) is 2. The molecular formula is C15H12Cl2N4. The molecule has 0 aliphatic heterocycles. The van der Waals surface area contributed by atoms with Crippen molar-refractivity contribution in [3.63, 3.8) is 0 Å². The number of rotatable bonds is 3. The third kappa shape index (κ3) is 2.73. The summed E-state index contributed by atoms with van der Waals surface area (Å²) in [4.78, 5) is 8.77. The number of pyridine rings is 2. The van der Waals surface area contributed by atoms with Crippen LogP contribution in [0.2, 0.25) is 10.0 Å². The topological polar surface area (TPSA) is 49.8 Å². The van der Waals surface area contributed by atoms with Crippen molar-refractivity contribution in [3.8, 4) is 0 Å². The quantitative estimate of drug-likeness (QED) is 0.733. The van der Waals surface area contributed by atoms with Gasteiger partial charge < -0.3 is 10.6 Å². The number of para-hydroxylation sites is 1. The maximum atomic E-state index is 6.20. The molecule has 21 heavy (non-hydrogen) atoms. The molecule has 0 aliphatic rings. The van der Waals surface area contributed by atoms with E-state index in [1.54, 1.807) is 19.3 Å². The van der Waals surface area contributed by atoms with Crippen molar-refractivity contribution >= 4 is 51.4 Å². The van der Waals surface area contributed by atoms with Gasteiger partial charge in [-0.3, -0.25) is 4.98 Å². The summed E-state index contributed by atoms with van der Waals surface area (Å²) in [6.07, 6.45) is 1.75. The molecule has 0 saturated heterocycles. The van der Waals surface area contributed by atoms with Gasteiger partial charge in [-0.05, 0) is 18.2 Å². The number of benzene rings is 1. The summed E-state index contributed by atoms with van der Waals surface area (Å²) in [7, 11) is 1.76. The van der Waals surface area contributed by atoms with Crippen LogP contribution in [-0.2, 0) is 0 Å². The summed E-state index contributed by atoms with van der Waals surface area (Å²) in [5.41, 5.74) is 1.70. The molecule has 0 aliphatic carbocycles. The first-order valence-electron chi connectivity index (χ1n) is 6.33. The molecule has 106 valence electrons. The van der Waals surface area contributed by atoms with E-state index in [9.17, 15) is 0 Å². The molecule has 1 aromatic carbocycles. The fourth-order valence-corrected chi connectivity index (χ4v) is 2.56. The highest BCUT2D eigenvalue weighted by molar-refractivity contribution is 6.37. The molecule has 0 spiro atoms. The van der Waals surface area contributed by atoms with Crippen LogP contribution in [0.4, 0.5) is 17.3 Å². The van der Waals surface area contributed by atoms with Crippen molar-refractivity contribution in [3.05, 3.63) is 52.6 Å². The van der Waals surface area contributed by atoms with Gasteiger partial charge in [-0.15, -0.1) is 0 Å². The SMILES string of the molecule is CNc1nc(Nc2cccc3cccnc23)c(Cl)cc1Cl. The van der Waals surface area contributed by atoms with Crippen LogP contribution in [0.1, 0.15) is 0 Å². The van der Waals surface area contributed by atoms with Crippen LogP contribution in [0.15, 0.2) is 42.6 Å². The fraction of sp³-hybridized carbons (Fsp3) is 0.0667. The van der Waals surface area contributed by atoms with Crippen LogP contribution in [-0.4, -0.2) is 17.0 Å². The molecule has 0 fully saturated rings. The van der Waals surface area contributed by atoms with Gasteiger partial charge in [-0.2, -0.15) is 0 Å². The summed E-state index contributed by atoms with van der Waals surface area (Å²) >= 11 is 12.3. The van der Waals surface area contributed by atoms with Crippen LogP contribution in [0.3, 0.4) is 0 Å². The lowest BCUT2D eigenvalue weighted by atomic mass is 10.2. The first kappa shape index (κ1) is 13.9. The summed E-state index contributed by atoms with van der Waals surface area (Å²) in [5.74, 6) is 1.10. The Morgan fingerprint density at radius 2 is 1.76 bits per heavy atom. The molecule has 0 radical (unpaired) electrons. The molecule has 4 nitrogen and oxygen atoms in total. The van der Waals surface area contributed by atoms with E-state index in [1.165, 1.54) is 0 Å². The van der Waals surface area contributed by atoms with E-state index in [1.807, 2.05) is 30.3 Å². The van der Waals surface area contributed by atoms with E-state index in [0.717, 1.165) is 16.6 Å². The Morgan fingerprint density at radius 3 is 2.57 bits per heavy atom. The second kappa shape index (κ2) is 5.76. The lowest BCUT2D eigenvalue weighted by Crippen LogP contribution is -2.00. The largest absolute Gasteiger partial charge is 0.372 e. The zero-order valence-electron chi connectivity index (χ0n) is 11.2. The number of aromatic nitrogens is 2. The number of hydrogen-bond acceptors (Lipinski definition) is 4.